The van der Waals surface area contributed by atoms with Crippen LogP contribution in [0.4, 0.5) is 0 Å². The van der Waals surface area contributed by atoms with Crippen LogP contribution in [0.5, 0.6) is 0 Å². The van der Waals surface area contributed by atoms with Crippen LogP contribution in [0.1, 0.15) is 123 Å². The summed E-state index contributed by atoms with van der Waals surface area (Å²) in [6.07, 6.45) is 16.3. The van der Waals surface area contributed by atoms with Gasteiger partial charge >= 0.3 is 5.97 Å². The Morgan fingerprint density at radius 3 is 2.44 bits per heavy atom. The van der Waals surface area contributed by atoms with E-state index in [0.29, 0.717) is 17.4 Å². The molecule has 4 rings (SSSR count). The summed E-state index contributed by atoms with van der Waals surface area (Å²) in [6, 6.07) is 9.32. The van der Waals surface area contributed by atoms with Crippen molar-refractivity contribution in [1.82, 2.24) is 0 Å². The van der Waals surface area contributed by atoms with Crippen molar-refractivity contribution in [2.75, 3.05) is 0 Å². The Balaban J connectivity index is 1.44. The van der Waals surface area contributed by atoms with Gasteiger partial charge in [0.15, 0.2) is 0 Å². The van der Waals surface area contributed by atoms with E-state index >= 15 is 0 Å². The van der Waals surface area contributed by atoms with Crippen molar-refractivity contribution in [2.45, 2.75) is 118 Å². The van der Waals surface area contributed by atoms with Gasteiger partial charge in [0.25, 0.3) is 0 Å². The largest absolute Gasteiger partial charge is 0.458 e. The molecule has 1 aromatic rings. The lowest BCUT2D eigenvalue weighted by Gasteiger charge is -2.55. The highest BCUT2D eigenvalue weighted by Gasteiger charge is 2.58. The fourth-order valence-corrected chi connectivity index (χ4v) is 9.26. The summed E-state index contributed by atoms with van der Waals surface area (Å²) in [7, 11) is 0. The lowest BCUT2D eigenvalue weighted by molar-refractivity contribution is -0.124. The van der Waals surface area contributed by atoms with Crippen molar-refractivity contribution in [3.8, 4) is 0 Å². The van der Waals surface area contributed by atoms with Crippen LogP contribution in [0.3, 0.4) is 0 Å². The first-order valence-electron chi connectivity index (χ1n) is 16.0. The predicted molar refractivity (Wildman–Crippen MR) is 160 cm³/mol. The number of aldehydes is 1. The molecule has 0 saturated heterocycles. The number of esters is 1. The van der Waals surface area contributed by atoms with Gasteiger partial charge < -0.3 is 9.53 Å². The van der Waals surface area contributed by atoms with Gasteiger partial charge in [0.1, 0.15) is 12.4 Å². The molecule has 3 heteroatoms. The first-order chi connectivity index (χ1) is 18.7. The molecule has 3 aliphatic rings. The third-order valence-corrected chi connectivity index (χ3v) is 11.9. The maximum atomic E-state index is 12.9. The van der Waals surface area contributed by atoms with Crippen LogP contribution in [0.25, 0.3) is 0 Å². The van der Waals surface area contributed by atoms with Gasteiger partial charge in [0.05, 0.1) is 5.56 Å². The van der Waals surface area contributed by atoms with E-state index < -0.39 is 0 Å². The van der Waals surface area contributed by atoms with Crippen LogP contribution in [0, 0.1) is 46.3 Å². The second-order valence-corrected chi connectivity index (χ2v) is 13.9. The summed E-state index contributed by atoms with van der Waals surface area (Å²) >= 11 is 0. The van der Waals surface area contributed by atoms with Crippen molar-refractivity contribution >= 4 is 12.3 Å². The fourth-order valence-electron chi connectivity index (χ4n) is 9.26. The molecule has 0 aliphatic heterocycles. The molecule has 39 heavy (non-hydrogen) atoms. The zero-order chi connectivity index (χ0) is 28.2. The first kappa shape index (κ1) is 30.1. The summed E-state index contributed by atoms with van der Waals surface area (Å²) < 4.78 is 5.97. The van der Waals surface area contributed by atoms with Crippen LogP contribution in [-0.4, -0.2) is 18.4 Å². The maximum absolute atomic E-state index is 12.9. The number of hydrogen-bond acceptors (Lipinski definition) is 3. The molecule has 0 N–H and O–H groups in total. The van der Waals surface area contributed by atoms with E-state index in [1.54, 1.807) is 0 Å². The van der Waals surface area contributed by atoms with Crippen molar-refractivity contribution in [1.29, 1.82) is 0 Å². The molecule has 3 aliphatic carbocycles. The van der Waals surface area contributed by atoms with Gasteiger partial charge in [-0.15, -0.1) is 0 Å². The monoisotopic (exact) mass is 534 g/mol. The third-order valence-electron chi connectivity index (χ3n) is 11.9. The number of rotatable bonds is 10. The summed E-state index contributed by atoms with van der Waals surface area (Å²) in [4.78, 5) is 25.6. The Morgan fingerprint density at radius 2 is 1.77 bits per heavy atom. The molecule has 3 saturated carbocycles. The summed E-state index contributed by atoms with van der Waals surface area (Å²) in [5, 5.41) is 0. The maximum Gasteiger partial charge on any atom is 0.338 e. The molecule has 0 amide bonds. The number of hydrogen-bond donors (Lipinski definition) is 0. The Bertz CT molecular complexity index is 998. The number of benzene rings is 1. The van der Waals surface area contributed by atoms with E-state index in [-0.39, 0.29) is 28.8 Å². The van der Waals surface area contributed by atoms with E-state index in [2.05, 4.69) is 47.6 Å². The minimum Gasteiger partial charge on any atom is -0.458 e. The average molecular weight is 535 g/mol. The lowest BCUT2D eigenvalue weighted by atomic mass is 9.49. The molecule has 3 nitrogen and oxygen atoms in total. The zero-order valence-electron chi connectivity index (χ0n) is 25.6. The number of carbonyl (C=O) groups excluding carboxylic acids is 2. The summed E-state index contributed by atoms with van der Waals surface area (Å²) in [5.41, 5.74) is 2.28. The van der Waals surface area contributed by atoms with Gasteiger partial charge in [-0.1, -0.05) is 90.2 Å². The third kappa shape index (κ3) is 6.08. The van der Waals surface area contributed by atoms with Crippen LogP contribution in [0.2, 0.25) is 0 Å². The van der Waals surface area contributed by atoms with E-state index in [1.165, 1.54) is 56.8 Å². The van der Waals surface area contributed by atoms with E-state index in [1.807, 2.05) is 30.3 Å². The smallest absolute Gasteiger partial charge is 0.338 e. The first-order valence-corrected chi connectivity index (χ1v) is 16.0. The van der Waals surface area contributed by atoms with Gasteiger partial charge in [0.2, 0.25) is 0 Å². The highest BCUT2D eigenvalue weighted by atomic mass is 16.5. The molecule has 0 bridgehead atoms. The van der Waals surface area contributed by atoms with Crippen molar-refractivity contribution in [3.05, 3.63) is 47.5 Å². The quantitative estimate of drug-likeness (QED) is 0.170. The standard InChI is InChI=1S/C36H54O3/c1-7-25(3)13-12-14-26(4)31-17-18-32-30(24-37)33(20-22-36(31,32)6)35(5)21-19-29(23-28(35)8-2)39-34(38)27-15-10-9-11-16-27/h8-11,15-16,24-26,29-33H,7,12-14,17-23H2,1-6H3. The zero-order valence-corrected chi connectivity index (χ0v) is 25.6. The van der Waals surface area contributed by atoms with E-state index in [0.717, 1.165) is 43.4 Å². The molecule has 216 valence electrons. The molecule has 0 heterocycles. The van der Waals surface area contributed by atoms with Crippen LogP contribution < -0.4 is 0 Å². The Hall–Kier alpha value is -1.90. The molecular weight excluding hydrogens is 480 g/mol. The van der Waals surface area contributed by atoms with Crippen LogP contribution in [0.15, 0.2) is 42.0 Å². The van der Waals surface area contributed by atoms with E-state index in [9.17, 15) is 9.59 Å². The predicted octanol–water partition coefficient (Wildman–Crippen LogP) is 9.46. The molecule has 9 unspecified atom stereocenters. The van der Waals surface area contributed by atoms with Gasteiger partial charge in [0, 0.05) is 12.3 Å². The number of carbonyl (C=O) groups is 2. The molecule has 0 aromatic heterocycles. The second kappa shape index (κ2) is 12.7. The SMILES string of the molecule is CC=C1CC(OC(=O)c2ccccc2)CCC1(C)C1CCC2(C)C(C(C)CCCC(C)CC)CCC2C1C=O. The fraction of sp³-hybridized carbons (Fsp3) is 0.722. The summed E-state index contributed by atoms with van der Waals surface area (Å²) in [5.74, 6) is 3.09. The normalized spacial score (nSPS) is 37.2. The number of fused-ring (bicyclic) bond motifs is 1. The molecule has 1 aromatic carbocycles. The molecule has 3 fully saturated rings. The van der Waals surface area contributed by atoms with Crippen molar-refractivity contribution in [2.24, 2.45) is 46.3 Å². The Labute approximate surface area is 238 Å². The molecular formula is C36H54O3. The minimum absolute atomic E-state index is 0.00267. The topological polar surface area (TPSA) is 43.4 Å². The van der Waals surface area contributed by atoms with Gasteiger partial charge in [-0.3, -0.25) is 0 Å². The molecule has 0 spiro atoms. The van der Waals surface area contributed by atoms with E-state index in [4.69, 9.17) is 4.74 Å². The highest BCUT2D eigenvalue weighted by Crippen LogP contribution is 2.65. The average Bonchev–Trinajstić information content (AvgIpc) is 3.30. The van der Waals surface area contributed by atoms with Gasteiger partial charge in [-0.25, -0.2) is 4.79 Å². The Kier molecular flexibility index (Phi) is 9.82. The van der Waals surface area contributed by atoms with Gasteiger partial charge in [-0.05, 0) is 98.0 Å². The van der Waals surface area contributed by atoms with Gasteiger partial charge in [-0.2, -0.15) is 0 Å². The molecule has 9 atom stereocenters. The number of ether oxygens (including phenoxy) is 1. The van der Waals surface area contributed by atoms with Crippen LogP contribution in [-0.2, 0) is 9.53 Å². The summed E-state index contributed by atoms with van der Waals surface area (Å²) in [6.45, 7) is 14.3. The Morgan fingerprint density at radius 1 is 1.03 bits per heavy atom. The highest BCUT2D eigenvalue weighted by molar-refractivity contribution is 5.89. The molecule has 0 radical (unpaired) electrons. The second-order valence-electron chi connectivity index (χ2n) is 13.9. The number of allylic oxidation sites excluding steroid dienone is 1. The van der Waals surface area contributed by atoms with Crippen molar-refractivity contribution < 1.29 is 14.3 Å². The lowest BCUT2D eigenvalue weighted by Crippen LogP contribution is -2.50. The van der Waals surface area contributed by atoms with Crippen molar-refractivity contribution in [3.63, 3.8) is 0 Å². The van der Waals surface area contributed by atoms with Crippen LogP contribution >= 0.6 is 0 Å². The minimum atomic E-state index is -0.228.